The summed E-state index contributed by atoms with van der Waals surface area (Å²) < 4.78 is 29.9. The lowest BCUT2D eigenvalue weighted by atomic mass is 10.1. The molecule has 1 aliphatic rings. The molecule has 4 aromatic rings. The molecule has 0 radical (unpaired) electrons. The Balaban J connectivity index is 1.42. The van der Waals surface area contributed by atoms with Gasteiger partial charge in [-0.25, -0.2) is 9.18 Å². The molecule has 0 spiro atoms. The molecule has 0 N–H and O–H groups in total. The second-order valence-corrected chi connectivity index (χ2v) is 7.09. The molecular weight excluding hydrogens is 399 g/mol. The highest BCUT2D eigenvalue weighted by Gasteiger charge is 2.30. The fourth-order valence-corrected chi connectivity index (χ4v) is 3.42. The van der Waals surface area contributed by atoms with Gasteiger partial charge in [0.1, 0.15) is 22.9 Å². The largest absolute Gasteiger partial charge is 0.452 e. The fourth-order valence-electron chi connectivity index (χ4n) is 3.42. The lowest BCUT2D eigenvalue weighted by molar-refractivity contribution is 0.0702. The van der Waals surface area contributed by atoms with Gasteiger partial charge in [0.25, 0.3) is 0 Å². The molecule has 31 heavy (non-hydrogen) atoms. The molecule has 2 heterocycles. The van der Waals surface area contributed by atoms with Gasteiger partial charge < -0.3 is 13.9 Å². The molecule has 0 fully saturated rings. The van der Waals surface area contributed by atoms with Crippen molar-refractivity contribution in [3.05, 3.63) is 101 Å². The summed E-state index contributed by atoms with van der Waals surface area (Å²) in [6.07, 6.45) is 1.54. The van der Waals surface area contributed by atoms with E-state index in [-0.39, 0.29) is 28.9 Å². The summed E-state index contributed by atoms with van der Waals surface area (Å²) in [5, 5.41) is 0.796. The molecule has 1 aromatic heterocycles. The van der Waals surface area contributed by atoms with Crippen molar-refractivity contribution >= 4 is 28.8 Å². The number of carbonyl (C=O) groups is 2. The number of halogens is 1. The molecule has 0 bridgehead atoms. The highest BCUT2D eigenvalue weighted by molar-refractivity contribution is 6.15. The zero-order valence-corrected chi connectivity index (χ0v) is 16.3. The minimum absolute atomic E-state index is 0.0787. The van der Waals surface area contributed by atoms with Gasteiger partial charge in [-0.05, 0) is 55.0 Å². The molecular formula is C25H15FO5. The van der Waals surface area contributed by atoms with Crippen molar-refractivity contribution in [2.24, 2.45) is 0 Å². The Kier molecular flexibility index (Phi) is 4.40. The normalized spacial score (nSPS) is 14.0. The number of ether oxygens (including phenoxy) is 2. The van der Waals surface area contributed by atoms with Gasteiger partial charge in [0.05, 0.1) is 5.56 Å². The number of fused-ring (bicyclic) bond motifs is 2. The molecule has 0 saturated carbocycles. The summed E-state index contributed by atoms with van der Waals surface area (Å²) in [6, 6.07) is 17.7. The van der Waals surface area contributed by atoms with Crippen molar-refractivity contribution in [2.75, 3.05) is 0 Å². The zero-order valence-electron chi connectivity index (χ0n) is 16.3. The van der Waals surface area contributed by atoms with Crippen LogP contribution in [0.2, 0.25) is 0 Å². The van der Waals surface area contributed by atoms with Crippen LogP contribution >= 0.6 is 0 Å². The van der Waals surface area contributed by atoms with Crippen molar-refractivity contribution in [1.82, 2.24) is 0 Å². The summed E-state index contributed by atoms with van der Waals surface area (Å²) in [4.78, 5) is 25.3. The second kappa shape index (κ2) is 7.25. The molecule has 0 amide bonds. The fraction of sp³-hybridized carbons (Fsp3) is 0.0400. The van der Waals surface area contributed by atoms with Gasteiger partial charge in [-0.2, -0.15) is 0 Å². The van der Waals surface area contributed by atoms with Gasteiger partial charge in [-0.15, -0.1) is 0 Å². The maximum atomic E-state index is 13.1. The molecule has 5 rings (SSSR count). The maximum absolute atomic E-state index is 13.1. The van der Waals surface area contributed by atoms with E-state index in [1.54, 1.807) is 49.4 Å². The van der Waals surface area contributed by atoms with E-state index < -0.39 is 5.97 Å². The number of rotatable bonds is 3. The first-order chi connectivity index (χ1) is 15.0. The third-order valence-corrected chi connectivity index (χ3v) is 5.03. The van der Waals surface area contributed by atoms with Crippen LogP contribution in [0.25, 0.3) is 17.0 Å². The van der Waals surface area contributed by atoms with E-state index in [9.17, 15) is 14.0 Å². The molecule has 0 atom stereocenters. The summed E-state index contributed by atoms with van der Waals surface area (Å²) in [5.41, 5.74) is 2.10. The van der Waals surface area contributed by atoms with Gasteiger partial charge in [0.2, 0.25) is 11.5 Å². The van der Waals surface area contributed by atoms with Crippen LogP contribution in [0.15, 0.2) is 76.9 Å². The number of carbonyl (C=O) groups excluding carboxylic acids is 2. The smallest absolute Gasteiger partial charge is 0.379 e. The van der Waals surface area contributed by atoms with Crippen molar-refractivity contribution < 1.29 is 27.9 Å². The van der Waals surface area contributed by atoms with Crippen LogP contribution in [0.3, 0.4) is 0 Å². The van der Waals surface area contributed by atoms with E-state index in [0.29, 0.717) is 28.0 Å². The topological polar surface area (TPSA) is 65.7 Å². The minimum Gasteiger partial charge on any atom is -0.452 e. The molecule has 0 aliphatic carbocycles. The summed E-state index contributed by atoms with van der Waals surface area (Å²) in [5.74, 6) is -0.521. The standard InChI is InChI=1S/C25H15FO5/c1-14-19(31-25(28)22-13-16-4-2-3-5-20(16)29-22)11-10-18-23(27)21(30-24(14)18)12-15-6-8-17(26)9-7-15/h2-13H,1H3/b21-12-. The predicted octanol–water partition coefficient (Wildman–Crippen LogP) is 5.72. The highest BCUT2D eigenvalue weighted by atomic mass is 19.1. The Morgan fingerprint density at radius 2 is 1.81 bits per heavy atom. The third kappa shape index (κ3) is 3.38. The van der Waals surface area contributed by atoms with Gasteiger partial charge in [-0.3, -0.25) is 4.79 Å². The third-order valence-electron chi connectivity index (χ3n) is 5.03. The number of esters is 1. The summed E-state index contributed by atoms with van der Waals surface area (Å²) in [6.45, 7) is 1.70. The van der Waals surface area contributed by atoms with Crippen LogP contribution in [0.5, 0.6) is 11.5 Å². The van der Waals surface area contributed by atoms with E-state index in [0.717, 1.165) is 5.39 Å². The minimum atomic E-state index is -0.648. The number of benzene rings is 3. The second-order valence-electron chi connectivity index (χ2n) is 7.09. The van der Waals surface area contributed by atoms with Crippen LogP contribution in [0, 0.1) is 12.7 Å². The first kappa shape index (κ1) is 18.8. The lowest BCUT2D eigenvalue weighted by Gasteiger charge is -2.09. The first-order valence-electron chi connectivity index (χ1n) is 9.54. The van der Waals surface area contributed by atoms with Gasteiger partial charge >= 0.3 is 5.97 Å². The van der Waals surface area contributed by atoms with Crippen LogP contribution in [0.4, 0.5) is 4.39 Å². The molecule has 0 saturated heterocycles. The summed E-state index contributed by atoms with van der Waals surface area (Å²) in [7, 11) is 0. The van der Waals surface area contributed by atoms with E-state index in [1.807, 2.05) is 18.2 Å². The van der Waals surface area contributed by atoms with E-state index in [4.69, 9.17) is 13.9 Å². The quantitative estimate of drug-likeness (QED) is 0.244. The Labute approximate surface area is 176 Å². The number of allylic oxidation sites excluding steroid dienone is 1. The Hall–Kier alpha value is -4.19. The molecule has 152 valence electrons. The number of hydrogen-bond donors (Lipinski definition) is 0. The first-order valence-corrected chi connectivity index (χ1v) is 9.54. The van der Waals surface area contributed by atoms with E-state index >= 15 is 0 Å². The van der Waals surface area contributed by atoms with Crippen LogP contribution < -0.4 is 9.47 Å². The molecule has 6 heteroatoms. The van der Waals surface area contributed by atoms with Crippen molar-refractivity contribution in [3.63, 3.8) is 0 Å². The average molecular weight is 414 g/mol. The van der Waals surface area contributed by atoms with Crippen LogP contribution in [0.1, 0.15) is 32.0 Å². The maximum Gasteiger partial charge on any atom is 0.379 e. The number of hydrogen-bond acceptors (Lipinski definition) is 5. The van der Waals surface area contributed by atoms with E-state index in [1.165, 1.54) is 12.1 Å². The number of Topliss-reactive ketones (excluding diaryl/α,β-unsaturated/α-hetero) is 1. The SMILES string of the molecule is Cc1c(OC(=O)c2cc3ccccc3o2)ccc2c1O/C(=C\c1ccc(F)cc1)C2=O. The molecule has 1 aliphatic heterocycles. The summed E-state index contributed by atoms with van der Waals surface area (Å²) >= 11 is 0. The highest BCUT2D eigenvalue weighted by Crippen LogP contribution is 2.39. The monoisotopic (exact) mass is 414 g/mol. The Morgan fingerprint density at radius 3 is 2.58 bits per heavy atom. The zero-order chi connectivity index (χ0) is 21.5. The Bertz CT molecular complexity index is 1350. The predicted molar refractivity (Wildman–Crippen MR) is 112 cm³/mol. The molecule has 5 nitrogen and oxygen atoms in total. The van der Waals surface area contributed by atoms with Crippen molar-refractivity contribution in [3.8, 4) is 11.5 Å². The van der Waals surface area contributed by atoms with Gasteiger partial charge in [-0.1, -0.05) is 30.3 Å². The van der Waals surface area contributed by atoms with Crippen LogP contribution in [-0.4, -0.2) is 11.8 Å². The number of para-hydroxylation sites is 1. The lowest BCUT2D eigenvalue weighted by Crippen LogP contribution is -2.08. The van der Waals surface area contributed by atoms with E-state index in [2.05, 4.69) is 0 Å². The molecule has 0 unspecified atom stereocenters. The molecule has 3 aromatic carbocycles. The number of furan rings is 1. The van der Waals surface area contributed by atoms with Gasteiger partial charge in [0.15, 0.2) is 5.76 Å². The average Bonchev–Trinajstić information content (AvgIpc) is 3.34. The van der Waals surface area contributed by atoms with Crippen LogP contribution in [-0.2, 0) is 0 Å². The Morgan fingerprint density at radius 1 is 1.03 bits per heavy atom. The van der Waals surface area contributed by atoms with Gasteiger partial charge in [0, 0.05) is 10.9 Å². The van der Waals surface area contributed by atoms with Crippen molar-refractivity contribution in [1.29, 1.82) is 0 Å². The number of ketones is 1. The van der Waals surface area contributed by atoms with Crippen molar-refractivity contribution in [2.45, 2.75) is 6.92 Å².